The van der Waals surface area contributed by atoms with Crippen molar-refractivity contribution in [2.24, 2.45) is 5.18 Å². The summed E-state index contributed by atoms with van der Waals surface area (Å²) < 4.78 is 5.56. The van der Waals surface area contributed by atoms with E-state index in [-0.39, 0.29) is 24.2 Å². The van der Waals surface area contributed by atoms with Gasteiger partial charge in [0.2, 0.25) is 0 Å². The lowest BCUT2D eigenvalue weighted by Crippen LogP contribution is -2.51. The second kappa shape index (κ2) is 6.86. The third-order valence-corrected chi connectivity index (χ3v) is 5.05. The third kappa shape index (κ3) is 4.08. The molecule has 0 aromatic heterocycles. The summed E-state index contributed by atoms with van der Waals surface area (Å²) in [6.45, 7) is 5.67. The van der Waals surface area contributed by atoms with Gasteiger partial charge in [-0.25, -0.2) is 4.79 Å². The van der Waals surface area contributed by atoms with Crippen LogP contribution in [0.3, 0.4) is 0 Å². The molecule has 2 saturated heterocycles. The first-order valence-electron chi connectivity index (χ1n) is 8.71. The highest BCUT2D eigenvalue weighted by Crippen LogP contribution is 2.39. The SMILES string of the molecule is CC(C)(C)OC(=O)N1C2CCC1CC(Nc1ccc(S)cc1N=O)C2. The fraction of sp³-hybridized carbons (Fsp3) is 0.611. The smallest absolute Gasteiger partial charge is 0.410 e. The number of nitrogens with zero attached hydrogens (tertiary/aromatic N) is 2. The summed E-state index contributed by atoms with van der Waals surface area (Å²) in [5.74, 6) is 0. The maximum atomic E-state index is 12.5. The van der Waals surface area contributed by atoms with E-state index in [1.165, 1.54) is 0 Å². The Bertz CT molecular complexity index is 660. The average molecular weight is 363 g/mol. The second-order valence-electron chi connectivity index (χ2n) is 7.88. The van der Waals surface area contributed by atoms with E-state index in [1.54, 1.807) is 6.07 Å². The lowest BCUT2D eigenvalue weighted by molar-refractivity contribution is 0.00684. The fourth-order valence-corrected chi connectivity index (χ4v) is 4.04. The zero-order chi connectivity index (χ0) is 18.2. The molecular formula is C18H25N3O3S. The van der Waals surface area contributed by atoms with Gasteiger partial charge in [-0.15, -0.1) is 17.5 Å². The molecule has 136 valence electrons. The molecule has 3 rings (SSSR count). The van der Waals surface area contributed by atoms with Crippen molar-refractivity contribution < 1.29 is 9.53 Å². The monoisotopic (exact) mass is 363 g/mol. The van der Waals surface area contributed by atoms with E-state index >= 15 is 0 Å². The van der Waals surface area contributed by atoms with Crippen LogP contribution in [-0.2, 0) is 4.74 Å². The van der Waals surface area contributed by atoms with Gasteiger partial charge in [-0.3, -0.25) is 0 Å². The number of fused-ring (bicyclic) bond motifs is 2. The molecule has 2 heterocycles. The standard InChI is InChI=1S/C18H25N3O3S/c1-18(2,3)24-17(22)21-12-4-5-13(21)9-11(8-12)19-15-7-6-14(25)10-16(15)20-23/h6-7,10-13,19,25H,4-5,8-9H2,1-3H3. The molecule has 0 aliphatic carbocycles. The van der Waals surface area contributed by atoms with Crippen molar-refractivity contribution in [1.82, 2.24) is 4.90 Å². The number of hydrogen-bond donors (Lipinski definition) is 2. The van der Waals surface area contributed by atoms with Gasteiger partial charge in [-0.05, 0) is 69.8 Å². The number of rotatable bonds is 3. The number of piperidine rings is 1. The highest BCUT2D eigenvalue weighted by molar-refractivity contribution is 7.80. The maximum absolute atomic E-state index is 12.5. The molecule has 2 atom stereocenters. The van der Waals surface area contributed by atoms with E-state index < -0.39 is 5.60 Å². The summed E-state index contributed by atoms with van der Waals surface area (Å²) in [5, 5.41) is 6.52. The summed E-state index contributed by atoms with van der Waals surface area (Å²) in [6, 6.07) is 5.91. The first kappa shape index (κ1) is 18.0. The van der Waals surface area contributed by atoms with Gasteiger partial charge in [0.05, 0.1) is 5.69 Å². The minimum atomic E-state index is -0.481. The van der Waals surface area contributed by atoms with Gasteiger partial charge in [0.25, 0.3) is 0 Å². The van der Waals surface area contributed by atoms with Gasteiger partial charge < -0.3 is 15.0 Å². The van der Waals surface area contributed by atoms with Gasteiger partial charge in [-0.1, -0.05) is 0 Å². The Labute approximate surface area is 153 Å². The van der Waals surface area contributed by atoms with Gasteiger partial charge in [0.1, 0.15) is 11.3 Å². The molecule has 25 heavy (non-hydrogen) atoms. The van der Waals surface area contributed by atoms with Crippen LogP contribution in [0.25, 0.3) is 0 Å². The number of carbonyl (C=O) groups is 1. The van der Waals surface area contributed by atoms with E-state index in [2.05, 4.69) is 23.1 Å². The van der Waals surface area contributed by atoms with Crippen molar-refractivity contribution in [1.29, 1.82) is 0 Å². The Hall–Kier alpha value is -1.76. The number of ether oxygens (including phenoxy) is 1. The van der Waals surface area contributed by atoms with Crippen LogP contribution in [0.2, 0.25) is 0 Å². The molecule has 0 spiro atoms. The molecule has 6 nitrogen and oxygen atoms in total. The zero-order valence-electron chi connectivity index (χ0n) is 14.9. The number of amides is 1. The summed E-state index contributed by atoms with van der Waals surface area (Å²) in [6.07, 6.45) is 3.47. The van der Waals surface area contributed by atoms with E-state index in [0.29, 0.717) is 10.6 Å². The van der Waals surface area contributed by atoms with Crippen molar-refractivity contribution in [3.05, 3.63) is 23.1 Å². The van der Waals surface area contributed by atoms with E-state index in [9.17, 15) is 9.70 Å². The molecule has 1 N–H and O–H groups in total. The van der Waals surface area contributed by atoms with Crippen molar-refractivity contribution in [3.8, 4) is 0 Å². The number of nitrogens with one attached hydrogen (secondary N) is 1. The van der Waals surface area contributed by atoms with Crippen LogP contribution in [0.15, 0.2) is 28.3 Å². The predicted molar refractivity (Wildman–Crippen MR) is 101 cm³/mol. The molecule has 2 bridgehead atoms. The molecule has 1 aromatic carbocycles. The van der Waals surface area contributed by atoms with Crippen molar-refractivity contribution in [2.45, 2.75) is 75.1 Å². The number of thiol groups is 1. The van der Waals surface area contributed by atoms with Gasteiger partial charge in [0, 0.05) is 23.0 Å². The van der Waals surface area contributed by atoms with Crippen molar-refractivity contribution in [3.63, 3.8) is 0 Å². The third-order valence-electron chi connectivity index (χ3n) is 4.78. The number of benzene rings is 1. The Kier molecular flexibility index (Phi) is 4.95. The van der Waals surface area contributed by atoms with Crippen LogP contribution in [0.5, 0.6) is 0 Å². The minimum Gasteiger partial charge on any atom is -0.444 e. The number of anilines is 1. The summed E-state index contributed by atoms with van der Waals surface area (Å²) in [7, 11) is 0. The van der Waals surface area contributed by atoms with Crippen LogP contribution in [0.4, 0.5) is 16.2 Å². The molecular weight excluding hydrogens is 338 g/mol. The number of carbonyl (C=O) groups excluding carboxylic acids is 1. The topological polar surface area (TPSA) is 71.0 Å². The first-order valence-corrected chi connectivity index (χ1v) is 9.16. The molecule has 2 aliphatic rings. The van der Waals surface area contributed by atoms with E-state index in [4.69, 9.17) is 4.74 Å². The summed E-state index contributed by atoms with van der Waals surface area (Å²) >= 11 is 4.24. The molecule has 7 heteroatoms. The Morgan fingerprint density at radius 3 is 2.48 bits per heavy atom. The summed E-state index contributed by atoms with van der Waals surface area (Å²) in [4.78, 5) is 26.2. The Morgan fingerprint density at radius 2 is 1.92 bits per heavy atom. The second-order valence-corrected chi connectivity index (χ2v) is 8.39. The molecule has 1 aromatic rings. The minimum absolute atomic E-state index is 0.183. The quantitative estimate of drug-likeness (QED) is 0.602. The van der Waals surface area contributed by atoms with Crippen molar-refractivity contribution >= 4 is 30.1 Å². The number of hydrogen-bond acceptors (Lipinski definition) is 6. The number of nitroso groups, excluding NO2 is 1. The molecule has 2 aliphatic heterocycles. The van der Waals surface area contributed by atoms with Gasteiger partial charge >= 0.3 is 6.09 Å². The van der Waals surface area contributed by atoms with Gasteiger partial charge in [-0.2, -0.15) is 0 Å². The van der Waals surface area contributed by atoms with Crippen LogP contribution in [0, 0.1) is 4.91 Å². The lowest BCUT2D eigenvalue weighted by Gasteiger charge is -2.40. The summed E-state index contributed by atoms with van der Waals surface area (Å²) in [5.41, 5.74) is 0.613. The largest absolute Gasteiger partial charge is 0.444 e. The van der Waals surface area contributed by atoms with Crippen LogP contribution in [0.1, 0.15) is 46.5 Å². The van der Waals surface area contributed by atoms with Crippen molar-refractivity contribution in [2.75, 3.05) is 5.32 Å². The zero-order valence-corrected chi connectivity index (χ0v) is 15.8. The fourth-order valence-electron chi connectivity index (χ4n) is 3.85. The molecule has 1 amide bonds. The average Bonchev–Trinajstić information content (AvgIpc) is 2.79. The highest BCUT2D eigenvalue weighted by atomic mass is 32.1. The highest BCUT2D eigenvalue weighted by Gasteiger charge is 2.44. The van der Waals surface area contributed by atoms with Gasteiger partial charge in [0.15, 0.2) is 0 Å². The Morgan fingerprint density at radius 1 is 1.28 bits per heavy atom. The van der Waals surface area contributed by atoms with E-state index in [1.807, 2.05) is 37.8 Å². The van der Waals surface area contributed by atoms with Crippen LogP contribution < -0.4 is 5.32 Å². The normalized spacial score (nSPS) is 25.6. The lowest BCUT2D eigenvalue weighted by atomic mass is 9.97. The maximum Gasteiger partial charge on any atom is 0.410 e. The molecule has 2 unspecified atom stereocenters. The van der Waals surface area contributed by atoms with E-state index in [0.717, 1.165) is 31.4 Å². The predicted octanol–water partition coefficient (Wildman–Crippen LogP) is 4.72. The molecule has 0 radical (unpaired) electrons. The van der Waals surface area contributed by atoms with Crippen LogP contribution >= 0.6 is 12.6 Å². The molecule has 2 fully saturated rings. The molecule has 0 saturated carbocycles. The first-order chi connectivity index (χ1) is 11.8. The van der Waals surface area contributed by atoms with Crippen LogP contribution in [-0.4, -0.2) is 34.7 Å². The Balaban J connectivity index is 1.68.